The molecule has 29 heavy (non-hydrogen) atoms. The monoisotopic (exact) mass is 415 g/mol. The van der Waals surface area contributed by atoms with Gasteiger partial charge in [-0.2, -0.15) is 0 Å². The summed E-state index contributed by atoms with van der Waals surface area (Å²) >= 11 is 1.50. The molecule has 1 amide bonds. The molecule has 0 aliphatic carbocycles. The lowest BCUT2D eigenvalue weighted by Gasteiger charge is -2.40. The van der Waals surface area contributed by atoms with E-state index in [0.29, 0.717) is 18.2 Å². The highest BCUT2D eigenvalue weighted by Crippen LogP contribution is 2.36. The normalized spacial score (nSPS) is 16.2. The van der Waals surface area contributed by atoms with Gasteiger partial charge >= 0.3 is 6.09 Å². The fraction of sp³-hybridized carbons (Fsp3) is 0.476. The lowest BCUT2D eigenvalue weighted by Crippen LogP contribution is -2.45. The number of rotatable bonds is 4. The van der Waals surface area contributed by atoms with E-state index in [1.807, 2.05) is 59.5 Å². The zero-order chi connectivity index (χ0) is 21.2. The predicted molar refractivity (Wildman–Crippen MR) is 118 cm³/mol. The number of aromatic nitrogens is 2. The fourth-order valence-electron chi connectivity index (χ4n) is 3.44. The van der Waals surface area contributed by atoms with Gasteiger partial charge in [-0.1, -0.05) is 36.0 Å². The average molecular weight is 416 g/mol. The summed E-state index contributed by atoms with van der Waals surface area (Å²) in [6.07, 6.45) is 3.49. The number of nitrogens with one attached hydrogen (secondary N) is 1. The van der Waals surface area contributed by atoms with Gasteiger partial charge in [-0.3, -0.25) is 0 Å². The molecule has 3 rings (SSSR count). The molecule has 1 aliphatic heterocycles. The number of thioether (sulfide) groups is 1. The van der Waals surface area contributed by atoms with Crippen molar-refractivity contribution in [1.82, 2.24) is 14.9 Å². The number of nitrogens with zero attached hydrogens (tertiary/aromatic N) is 4. The molecule has 1 unspecified atom stereocenters. The summed E-state index contributed by atoms with van der Waals surface area (Å²) in [6.45, 7) is 6.72. The van der Waals surface area contributed by atoms with Gasteiger partial charge in [-0.15, -0.1) is 0 Å². The first-order valence-electron chi connectivity index (χ1n) is 9.61. The minimum absolute atomic E-state index is 0.0386. The maximum absolute atomic E-state index is 12.8. The van der Waals surface area contributed by atoms with Crippen molar-refractivity contribution in [1.29, 1.82) is 0 Å². The van der Waals surface area contributed by atoms with E-state index < -0.39 is 5.60 Å². The number of ether oxygens (including phenoxy) is 1. The van der Waals surface area contributed by atoms with Gasteiger partial charge in [0.05, 0.1) is 17.9 Å². The van der Waals surface area contributed by atoms with Crippen LogP contribution in [0.1, 0.15) is 37.9 Å². The van der Waals surface area contributed by atoms with Crippen molar-refractivity contribution < 1.29 is 9.53 Å². The number of fused-ring (bicyclic) bond motifs is 1. The number of hydrogen-bond acceptors (Lipinski definition) is 7. The Kier molecular flexibility index (Phi) is 6.21. The quantitative estimate of drug-likeness (QED) is 0.594. The molecule has 2 aromatic rings. The summed E-state index contributed by atoms with van der Waals surface area (Å²) in [5.41, 5.74) is 2.67. The van der Waals surface area contributed by atoms with Crippen LogP contribution in [0, 0.1) is 0 Å². The molecule has 1 aliphatic rings. The zero-order valence-electron chi connectivity index (χ0n) is 17.9. The molecule has 156 valence electrons. The second kappa shape index (κ2) is 8.49. The highest BCUT2D eigenvalue weighted by molar-refractivity contribution is 7.98. The largest absolute Gasteiger partial charge is 0.444 e. The first kappa shape index (κ1) is 21.2. The maximum Gasteiger partial charge on any atom is 0.410 e. The van der Waals surface area contributed by atoms with Crippen molar-refractivity contribution in [3.8, 4) is 0 Å². The molecular formula is C21H29N5O2S. The molecule has 1 aromatic carbocycles. The van der Waals surface area contributed by atoms with E-state index in [9.17, 15) is 4.79 Å². The van der Waals surface area contributed by atoms with Crippen LogP contribution in [0.4, 0.5) is 16.3 Å². The molecule has 1 N–H and O–H groups in total. The van der Waals surface area contributed by atoms with Gasteiger partial charge in [0.1, 0.15) is 5.60 Å². The van der Waals surface area contributed by atoms with Crippen molar-refractivity contribution in [3.05, 3.63) is 41.6 Å². The first-order valence-corrected chi connectivity index (χ1v) is 10.8. The Labute approximate surface area is 176 Å². The minimum atomic E-state index is -0.532. The second-order valence-corrected chi connectivity index (χ2v) is 8.80. The molecule has 0 saturated heterocycles. The molecule has 1 atom stereocenters. The van der Waals surface area contributed by atoms with Crippen LogP contribution in [0.25, 0.3) is 0 Å². The third kappa shape index (κ3) is 4.75. The Bertz CT molecular complexity index is 884. The van der Waals surface area contributed by atoms with Crippen LogP contribution in [-0.2, 0) is 11.3 Å². The van der Waals surface area contributed by atoms with Crippen molar-refractivity contribution >= 4 is 29.4 Å². The SMILES string of the molecule is CNc1nc(SC)ncc1N(C)C1CN(C(=O)OC(C)(C)C)Cc2ccccc21. The van der Waals surface area contributed by atoms with Gasteiger partial charge in [0, 0.05) is 27.2 Å². The molecule has 8 heteroatoms. The van der Waals surface area contributed by atoms with Crippen LogP contribution >= 0.6 is 11.8 Å². The molecule has 0 spiro atoms. The van der Waals surface area contributed by atoms with Crippen LogP contribution in [0.15, 0.2) is 35.6 Å². The molecule has 7 nitrogen and oxygen atoms in total. The second-order valence-electron chi connectivity index (χ2n) is 8.03. The molecule has 0 saturated carbocycles. The zero-order valence-corrected chi connectivity index (χ0v) is 18.7. The topological polar surface area (TPSA) is 70.6 Å². The summed E-state index contributed by atoms with van der Waals surface area (Å²) < 4.78 is 5.63. The third-order valence-corrected chi connectivity index (χ3v) is 5.40. The number of anilines is 2. The van der Waals surface area contributed by atoms with E-state index >= 15 is 0 Å². The van der Waals surface area contributed by atoms with E-state index in [1.165, 1.54) is 17.3 Å². The standard InChI is InChI=1S/C21H29N5O2S/c1-21(2,3)28-20(27)26-12-14-9-7-8-10-15(14)17(13-26)25(5)16-11-23-19(29-6)24-18(16)22-4/h7-11,17H,12-13H2,1-6H3,(H,22,23,24). The molecule has 0 radical (unpaired) electrons. The van der Waals surface area contributed by atoms with E-state index in [0.717, 1.165) is 17.1 Å². The van der Waals surface area contributed by atoms with Gasteiger partial charge in [0.15, 0.2) is 11.0 Å². The summed E-state index contributed by atoms with van der Waals surface area (Å²) in [5.74, 6) is 0.763. The van der Waals surface area contributed by atoms with Crippen LogP contribution in [0.2, 0.25) is 0 Å². The number of amides is 1. The fourth-order valence-corrected chi connectivity index (χ4v) is 3.79. The number of hydrogen-bond donors (Lipinski definition) is 1. The van der Waals surface area contributed by atoms with Crippen molar-refractivity contribution in [2.24, 2.45) is 0 Å². The molecule has 2 heterocycles. The van der Waals surface area contributed by atoms with Gasteiger partial charge < -0.3 is 19.9 Å². The minimum Gasteiger partial charge on any atom is -0.444 e. The van der Waals surface area contributed by atoms with Crippen LogP contribution in [0.3, 0.4) is 0 Å². The van der Waals surface area contributed by atoms with E-state index in [4.69, 9.17) is 4.74 Å². The van der Waals surface area contributed by atoms with Crippen molar-refractivity contribution in [2.75, 3.05) is 37.1 Å². The summed E-state index contributed by atoms with van der Waals surface area (Å²) in [7, 11) is 3.87. The Morgan fingerprint density at radius 3 is 2.72 bits per heavy atom. The lowest BCUT2D eigenvalue weighted by molar-refractivity contribution is 0.0205. The Hall–Kier alpha value is -2.48. The van der Waals surface area contributed by atoms with E-state index in [2.05, 4.69) is 32.3 Å². The van der Waals surface area contributed by atoms with Gasteiger partial charge in [-0.25, -0.2) is 14.8 Å². The number of carbonyl (C=O) groups excluding carboxylic acids is 1. The van der Waals surface area contributed by atoms with Crippen LogP contribution < -0.4 is 10.2 Å². The molecule has 0 fully saturated rings. The van der Waals surface area contributed by atoms with Gasteiger partial charge in [-0.05, 0) is 38.2 Å². The Balaban J connectivity index is 1.95. The van der Waals surface area contributed by atoms with E-state index in [-0.39, 0.29) is 12.1 Å². The first-order chi connectivity index (χ1) is 13.7. The third-order valence-electron chi connectivity index (χ3n) is 4.83. The average Bonchev–Trinajstić information content (AvgIpc) is 2.70. The van der Waals surface area contributed by atoms with Crippen LogP contribution in [0.5, 0.6) is 0 Å². The Morgan fingerprint density at radius 2 is 2.07 bits per heavy atom. The molecule has 1 aromatic heterocycles. The highest BCUT2D eigenvalue weighted by atomic mass is 32.2. The maximum atomic E-state index is 12.8. The van der Waals surface area contributed by atoms with Crippen molar-refractivity contribution in [2.45, 2.75) is 44.1 Å². The number of likely N-dealkylation sites (N-methyl/N-ethyl adjacent to an activating group) is 1. The Morgan fingerprint density at radius 1 is 1.34 bits per heavy atom. The molecule has 0 bridgehead atoms. The lowest BCUT2D eigenvalue weighted by atomic mass is 9.94. The van der Waals surface area contributed by atoms with Crippen LogP contribution in [-0.4, -0.2) is 53.5 Å². The molecular weight excluding hydrogens is 386 g/mol. The summed E-state index contributed by atoms with van der Waals surface area (Å²) in [5, 5.41) is 3.88. The van der Waals surface area contributed by atoms with Gasteiger partial charge in [0.25, 0.3) is 0 Å². The van der Waals surface area contributed by atoms with E-state index in [1.54, 1.807) is 4.90 Å². The van der Waals surface area contributed by atoms with Gasteiger partial charge in [0.2, 0.25) is 0 Å². The number of benzene rings is 1. The smallest absolute Gasteiger partial charge is 0.410 e. The van der Waals surface area contributed by atoms with Crippen molar-refractivity contribution in [3.63, 3.8) is 0 Å². The highest BCUT2D eigenvalue weighted by Gasteiger charge is 2.33. The predicted octanol–water partition coefficient (Wildman–Crippen LogP) is 4.17. The number of carbonyl (C=O) groups is 1. The summed E-state index contributed by atoms with van der Waals surface area (Å²) in [6, 6.07) is 8.19. The summed E-state index contributed by atoms with van der Waals surface area (Å²) in [4.78, 5) is 25.7.